The lowest BCUT2D eigenvalue weighted by Gasteiger charge is -2.18. The molecule has 1 saturated carbocycles. The standard InChI is InChI=1S/C12H17N/c1-3-10-6-4-5-7-11(10)12(13-2)8-9-12/h4-7,13H,3,8-9H2,1-2H3. The van der Waals surface area contributed by atoms with Gasteiger partial charge in [-0.25, -0.2) is 0 Å². The van der Waals surface area contributed by atoms with Gasteiger partial charge in [-0.15, -0.1) is 0 Å². The van der Waals surface area contributed by atoms with Crippen molar-refractivity contribution in [3.05, 3.63) is 35.4 Å². The van der Waals surface area contributed by atoms with Crippen LogP contribution in [0.3, 0.4) is 0 Å². The Morgan fingerprint density at radius 2 is 2.00 bits per heavy atom. The summed E-state index contributed by atoms with van der Waals surface area (Å²) in [5, 5.41) is 3.44. The van der Waals surface area contributed by atoms with Crippen LogP contribution in [0.5, 0.6) is 0 Å². The number of nitrogens with one attached hydrogen (secondary N) is 1. The van der Waals surface area contributed by atoms with Crippen LogP contribution >= 0.6 is 0 Å². The molecule has 0 bridgehead atoms. The molecule has 0 spiro atoms. The average Bonchev–Trinajstić information content (AvgIpc) is 2.98. The van der Waals surface area contributed by atoms with Crippen LogP contribution in [0.15, 0.2) is 24.3 Å². The molecule has 0 atom stereocenters. The summed E-state index contributed by atoms with van der Waals surface area (Å²) in [6.07, 6.45) is 3.72. The van der Waals surface area contributed by atoms with Gasteiger partial charge in [-0.1, -0.05) is 31.2 Å². The van der Waals surface area contributed by atoms with E-state index in [-0.39, 0.29) is 0 Å². The molecule has 1 heteroatoms. The molecule has 70 valence electrons. The Hall–Kier alpha value is -0.820. The fraction of sp³-hybridized carbons (Fsp3) is 0.500. The van der Waals surface area contributed by atoms with E-state index in [2.05, 4.69) is 43.6 Å². The van der Waals surface area contributed by atoms with Crippen molar-refractivity contribution in [2.75, 3.05) is 7.05 Å². The third-order valence-electron chi connectivity index (χ3n) is 3.14. The van der Waals surface area contributed by atoms with Crippen molar-refractivity contribution in [3.8, 4) is 0 Å². The molecule has 1 aliphatic rings. The second-order valence-electron chi connectivity index (χ2n) is 3.84. The Balaban J connectivity index is 2.39. The molecular formula is C12H17N. The van der Waals surface area contributed by atoms with E-state index in [9.17, 15) is 0 Å². The summed E-state index contributed by atoms with van der Waals surface area (Å²) in [4.78, 5) is 0. The van der Waals surface area contributed by atoms with Gasteiger partial charge in [0.1, 0.15) is 0 Å². The number of hydrogen-bond donors (Lipinski definition) is 1. The number of rotatable bonds is 3. The van der Waals surface area contributed by atoms with E-state index in [1.165, 1.54) is 24.0 Å². The van der Waals surface area contributed by atoms with Crippen LogP contribution in [0.4, 0.5) is 0 Å². The molecule has 0 unspecified atom stereocenters. The van der Waals surface area contributed by atoms with Crippen molar-refractivity contribution in [1.29, 1.82) is 0 Å². The monoisotopic (exact) mass is 175 g/mol. The maximum Gasteiger partial charge on any atom is 0.0436 e. The summed E-state index contributed by atoms with van der Waals surface area (Å²) >= 11 is 0. The minimum atomic E-state index is 0.326. The third-order valence-corrected chi connectivity index (χ3v) is 3.14. The summed E-state index contributed by atoms with van der Waals surface area (Å²) in [6.45, 7) is 2.23. The molecule has 0 saturated heterocycles. The van der Waals surface area contributed by atoms with Gasteiger partial charge in [0.2, 0.25) is 0 Å². The third kappa shape index (κ3) is 1.37. The normalized spacial score (nSPS) is 18.6. The van der Waals surface area contributed by atoms with Crippen LogP contribution in [-0.2, 0) is 12.0 Å². The first-order valence-electron chi connectivity index (χ1n) is 5.10. The summed E-state index contributed by atoms with van der Waals surface area (Å²) in [6, 6.07) is 8.79. The SMILES string of the molecule is CCc1ccccc1C1(NC)CC1. The van der Waals surface area contributed by atoms with Gasteiger partial charge in [0.25, 0.3) is 0 Å². The summed E-state index contributed by atoms with van der Waals surface area (Å²) in [5.74, 6) is 0. The topological polar surface area (TPSA) is 12.0 Å². The van der Waals surface area contributed by atoms with Gasteiger partial charge < -0.3 is 5.32 Å². The second kappa shape index (κ2) is 3.15. The fourth-order valence-corrected chi connectivity index (χ4v) is 2.07. The highest BCUT2D eigenvalue weighted by atomic mass is 15.0. The van der Waals surface area contributed by atoms with Crippen molar-refractivity contribution < 1.29 is 0 Å². The molecule has 0 amide bonds. The van der Waals surface area contributed by atoms with Crippen molar-refractivity contribution >= 4 is 0 Å². The molecule has 1 aromatic rings. The lowest BCUT2D eigenvalue weighted by atomic mass is 9.97. The largest absolute Gasteiger partial charge is 0.310 e. The maximum absolute atomic E-state index is 3.44. The Kier molecular flexibility index (Phi) is 2.12. The quantitative estimate of drug-likeness (QED) is 0.744. The molecule has 0 radical (unpaired) electrons. The first-order valence-corrected chi connectivity index (χ1v) is 5.10. The molecule has 1 aromatic carbocycles. The molecule has 0 aromatic heterocycles. The van der Waals surface area contributed by atoms with E-state index >= 15 is 0 Å². The smallest absolute Gasteiger partial charge is 0.0436 e. The Labute approximate surface area is 80.2 Å². The molecule has 1 N–H and O–H groups in total. The van der Waals surface area contributed by atoms with Gasteiger partial charge in [-0.05, 0) is 37.4 Å². The fourth-order valence-electron chi connectivity index (χ4n) is 2.07. The lowest BCUT2D eigenvalue weighted by molar-refractivity contribution is 0.580. The van der Waals surface area contributed by atoms with Crippen molar-refractivity contribution in [3.63, 3.8) is 0 Å². The van der Waals surface area contributed by atoms with Gasteiger partial charge in [0.05, 0.1) is 0 Å². The van der Waals surface area contributed by atoms with E-state index in [0.29, 0.717) is 5.54 Å². The zero-order valence-electron chi connectivity index (χ0n) is 8.43. The highest BCUT2D eigenvalue weighted by Crippen LogP contribution is 2.46. The summed E-state index contributed by atoms with van der Waals surface area (Å²) in [5.41, 5.74) is 3.33. The molecule has 1 fully saturated rings. The molecule has 1 aliphatic carbocycles. The van der Waals surface area contributed by atoms with Crippen LogP contribution in [0.2, 0.25) is 0 Å². The zero-order chi connectivity index (χ0) is 9.31. The van der Waals surface area contributed by atoms with Crippen molar-refractivity contribution in [2.24, 2.45) is 0 Å². The first kappa shape index (κ1) is 8.76. The molecule has 13 heavy (non-hydrogen) atoms. The van der Waals surface area contributed by atoms with Gasteiger partial charge in [0.15, 0.2) is 0 Å². The van der Waals surface area contributed by atoms with Crippen LogP contribution < -0.4 is 5.32 Å². The van der Waals surface area contributed by atoms with Gasteiger partial charge >= 0.3 is 0 Å². The zero-order valence-corrected chi connectivity index (χ0v) is 8.43. The molecule has 2 rings (SSSR count). The second-order valence-corrected chi connectivity index (χ2v) is 3.84. The first-order chi connectivity index (χ1) is 6.32. The predicted molar refractivity (Wildman–Crippen MR) is 55.8 cm³/mol. The number of hydrogen-bond acceptors (Lipinski definition) is 1. The number of aryl methyl sites for hydroxylation is 1. The number of benzene rings is 1. The van der Waals surface area contributed by atoms with E-state index in [1.54, 1.807) is 0 Å². The lowest BCUT2D eigenvalue weighted by Crippen LogP contribution is -2.25. The summed E-state index contributed by atoms with van der Waals surface area (Å²) in [7, 11) is 2.07. The summed E-state index contributed by atoms with van der Waals surface area (Å²) < 4.78 is 0. The molecule has 0 aliphatic heterocycles. The van der Waals surface area contributed by atoms with E-state index in [1.807, 2.05) is 0 Å². The Morgan fingerprint density at radius 3 is 2.54 bits per heavy atom. The highest BCUT2D eigenvalue weighted by Gasteiger charge is 2.43. The van der Waals surface area contributed by atoms with Gasteiger partial charge in [-0.2, -0.15) is 0 Å². The van der Waals surface area contributed by atoms with Gasteiger partial charge in [-0.3, -0.25) is 0 Å². The maximum atomic E-state index is 3.44. The average molecular weight is 175 g/mol. The van der Waals surface area contributed by atoms with E-state index in [0.717, 1.165) is 6.42 Å². The minimum absolute atomic E-state index is 0.326. The van der Waals surface area contributed by atoms with Crippen LogP contribution in [-0.4, -0.2) is 7.05 Å². The predicted octanol–water partition coefficient (Wildman–Crippen LogP) is 2.46. The molecule has 0 heterocycles. The van der Waals surface area contributed by atoms with Crippen LogP contribution in [0, 0.1) is 0 Å². The van der Waals surface area contributed by atoms with Crippen molar-refractivity contribution in [1.82, 2.24) is 5.32 Å². The highest BCUT2D eigenvalue weighted by molar-refractivity contribution is 5.37. The molecule has 1 nitrogen and oxygen atoms in total. The van der Waals surface area contributed by atoms with Crippen LogP contribution in [0.1, 0.15) is 30.9 Å². The van der Waals surface area contributed by atoms with E-state index < -0.39 is 0 Å². The molecular weight excluding hydrogens is 158 g/mol. The Bertz CT molecular complexity index is 300. The van der Waals surface area contributed by atoms with Gasteiger partial charge in [0, 0.05) is 5.54 Å². The van der Waals surface area contributed by atoms with Crippen LogP contribution in [0.25, 0.3) is 0 Å². The Morgan fingerprint density at radius 1 is 1.31 bits per heavy atom. The van der Waals surface area contributed by atoms with E-state index in [4.69, 9.17) is 0 Å². The van der Waals surface area contributed by atoms with Crippen molar-refractivity contribution in [2.45, 2.75) is 31.7 Å². The minimum Gasteiger partial charge on any atom is -0.310 e.